The summed E-state index contributed by atoms with van der Waals surface area (Å²) in [6, 6.07) is 8.11. The molecule has 0 bridgehead atoms. The fourth-order valence-corrected chi connectivity index (χ4v) is 3.40. The van der Waals surface area contributed by atoms with E-state index in [1.807, 2.05) is 24.3 Å². The molecular formula is C21H34BNO3. The zero-order chi connectivity index (χ0) is 19.0. The zero-order valence-corrected chi connectivity index (χ0v) is 17.3. The van der Waals surface area contributed by atoms with Crippen molar-refractivity contribution in [1.29, 1.82) is 0 Å². The van der Waals surface area contributed by atoms with Gasteiger partial charge in [0.05, 0.1) is 11.2 Å². The van der Waals surface area contributed by atoms with E-state index in [-0.39, 0.29) is 18.3 Å². The topological polar surface area (TPSA) is 30.9 Å². The van der Waals surface area contributed by atoms with Gasteiger partial charge in [-0.3, -0.25) is 4.90 Å². The van der Waals surface area contributed by atoms with E-state index in [4.69, 9.17) is 14.0 Å². The van der Waals surface area contributed by atoms with Crippen LogP contribution in [-0.4, -0.2) is 49.5 Å². The highest BCUT2D eigenvalue weighted by atomic mass is 16.7. The number of rotatable bonds is 5. The first-order valence-electron chi connectivity index (χ1n) is 9.89. The predicted molar refractivity (Wildman–Crippen MR) is 107 cm³/mol. The predicted octanol–water partition coefficient (Wildman–Crippen LogP) is 3.49. The van der Waals surface area contributed by atoms with Gasteiger partial charge in [-0.05, 0) is 76.6 Å². The standard InChI is InChI=1S/C21H34BNO3/c1-19(2)10-12-23(13-11-19)14-15-24-18-9-7-8-17(16-18)22-25-20(3,4)21(5,6)26-22/h7-9,16H,10-15H2,1-6H3. The van der Waals surface area contributed by atoms with E-state index in [2.05, 4.69) is 46.4 Å². The summed E-state index contributed by atoms with van der Waals surface area (Å²) in [4.78, 5) is 2.50. The smallest absolute Gasteiger partial charge is 0.492 e. The molecule has 2 fully saturated rings. The Morgan fingerprint density at radius 2 is 1.62 bits per heavy atom. The Bertz CT molecular complexity index is 603. The van der Waals surface area contributed by atoms with Crippen LogP contribution in [0.3, 0.4) is 0 Å². The Kier molecular flexibility index (Phi) is 5.44. The van der Waals surface area contributed by atoms with Crippen LogP contribution in [0.4, 0.5) is 0 Å². The Labute approximate surface area is 159 Å². The summed E-state index contributed by atoms with van der Waals surface area (Å²) in [6.07, 6.45) is 2.54. The van der Waals surface area contributed by atoms with E-state index >= 15 is 0 Å². The van der Waals surface area contributed by atoms with E-state index in [1.165, 1.54) is 25.9 Å². The van der Waals surface area contributed by atoms with Gasteiger partial charge < -0.3 is 14.0 Å². The summed E-state index contributed by atoms with van der Waals surface area (Å²) in [7, 11) is -0.340. The lowest BCUT2D eigenvalue weighted by molar-refractivity contribution is 0.00578. The molecule has 0 saturated carbocycles. The van der Waals surface area contributed by atoms with Gasteiger partial charge in [0, 0.05) is 6.54 Å². The van der Waals surface area contributed by atoms with Crippen molar-refractivity contribution in [2.45, 2.75) is 65.6 Å². The highest BCUT2D eigenvalue weighted by Gasteiger charge is 2.51. The van der Waals surface area contributed by atoms with Gasteiger partial charge in [0.1, 0.15) is 12.4 Å². The van der Waals surface area contributed by atoms with Gasteiger partial charge in [-0.1, -0.05) is 26.0 Å². The molecule has 144 valence electrons. The third kappa shape index (κ3) is 4.44. The lowest BCUT2D eigenvalue weighted by Gasteiger charge is -2.36. The summed E-state index contributed by atoms with van der Waals surface area (Å²) in [5, 5.41) is 0. The summed E-state index contributed by atoms with van der Waals surface area (Å²) in [6.45, 7) is 17.1. The summed E-state index contributed by atoms with van der Waals surface area (Å²) < 4.78 is 18.3. The third-order valence-electron chi connectivity index (χ3n) is 6.27. The van der Waals surface area contributed by atoms with E-state index in [9.17, 15) is 0 Å². The second kappa shape index (κ2) is 7.18. The molecular weight excluding hydrogens is 325 g/mol. The van der Waals surface area contributed by atoms with Crippen LogP contribution in [-0.2, 0) is 9.31 Å². The van der Waals surface area contributed by atoms with E-state index in [1.54, 1.807) is 0 Å². The number of nitrogens with zero attached hydrogens (tertiary/aromatic N) is 1. The molecule has 4 nitrogen and oxygen atoms in total. The monoisotopic (exact) mass is 359 g/mol. The minimum atomic E-state index is -0.340. The van der Waals surface area contributed by atoms with Crippen LogP contribution in [0, 0.1) is 5.41 Å². The first-order valence-corrected chi connectivity index (χ1v) is 9.89. The second-order valence-electron chi connectivity index (χ2n) is 9.52. The van der Waals surface area contributed by atoms with Gasteiger partial charge in [0.25, 0.3) is 0 Å². The summed E-state index contributed by atoms with van der Waals surface area (Å²) >= 11 is 0. The number of piperidine rings is 1. The van der Waals surface area contributed by atoms with Crippen LogP contribution < -0.4 is 10.2 Å². The molecule has 2 aliphatic rings. The van der Waals surface area contributed by atoms with Gasteiger partial charge in [-0.15, -0.1) is 0 Å². The maximum atomic E-state index is 6.14. The zero-order valence-electron chi connectivity index (χ0n) is 17.3. The van der Waals surface area contributed by atoms with Crippen molar-refractivity contribution in [2.24, 2.45) is 5.41 Å². The fourth-order valence-electron chi connectivity index (χ4n) is 3.40. The van der Waals surface area contributed by atoms with Crippen LogP contribution in [0.1, 0.15) is 54.4 Å². The highest BCUT2D eigenvalue weighted by molar-refractivity contribution is 6.62. The quantitative estimate of drug-likeness (QED) is 0.753. The maximum absolute atomic E-state index is 6.14. The van der Waals surface area contributed by atoms with Crippen LogP contribution in [0.5, 0.6) is 5.75 Å². The lowest BCUT2D eigenvalue weighted by Crippen LogP contribution is -2.41. The van der Waals surface area contributed by atoms with Crippen LogP contribution in [0.25, 0.3) is 0 Å². The number of hydrogen-bond donors (Lipinski definition) is 0. The first-order chi connectivity index (χ1) is 12.1. The molecule has 0 unspecified atom stereocenters. The molecule has 0 N–H and O–H groups in total. The molecule has 0 aromatic heterocycles. The molecule has 0 spiro atoms. The molecule has 2 heterocycles. The molecule has 2 aliphatic heterocycles. The van der Waals surface area contributed by atoms with Crippen molar-refractivity contribution < 1.29 is 14.0 Å². The fraction of sp³-hybridized carbons (Fsp3) is 0.714. The van der Waals surface area contributed by atoms with Crippen molar-refractivity contribution in [3.63, 3.8) is 0 Å². The SMILES string of the molecule is CC1(C)CCN(CCOc2cccc(B3OC(C)(C)C(C)(C)O3)c2)CC1. The van der Waals surface area contributed by atoms with Gasteiger partial charge in [-0.2, -0.15) is 0 Å². The molecule has 2 saturated heterocycles. The molecule has 0 amide bonds. The van der Waals surface area contributed by atoms with E-state index < -0.39 is 0 Å². The molecule has 0 radical (unpaired) electrons. The van der Waals surface area contributed by atoms with Crippen LogP contribution in [0.15, 0.2) is 24.3 Å². The van der Waals surface area contributed by atoms with E-state index in [0.29, 0.717) is 12.0 Å². The minimum absolute atomic E-state index is 0.323. The van der Waals surface area contributed by atoms with Crippen molar-refractivity contribution in [3.05, 3.63) is 24.3 Å². The Hall–Kier alpha value is -1.04. The summed E-state index contributed by atoms with van der Waals surface area (Å²) in [5.74, 6) is 0.884. The van der Waals surface area contributed by atoms with Gasteiger partial charge in [-0.25, -0.2) is 0 Å². The highest BCUT2D eigenvalue weighted by Crippen LogP contribution is 2.36. The molecule has 1 aromatic rings. The van der Waals surface area contributed by atoms with Gasteiger partial charge >= 0.3 is 7.12 Å². The van der Waals surface area contributed by atoms with Crippen molar-refractivity contribution >= 4 is 12.6 Å². The molecule has 1 aromatic carbocycles. The Morgan fingerprint density at radius 1 is 1.00 bits per heavy atom. The molecule has 26 heavy (non-hydrogen) atoms. The van der Waals surface area contributed by atoms with Crippen LogP contribution in [0.2, 0.25) is 0 Å². The van der Waals surface area contributed by atoms with Gasteiger partial charge in [0.15, 0.2) is 0 Å². The maximum Gasteiger partial charge on any atom is 0.494 e. The second-order valence-corrected chi connectivity index (χ2v) is 9.52. The largest absolute Gasteiger partial charge is 0.494 e. The van der Waals surface area contributed by atoms with Crippen LogP contribution >= 0.6 is 0 Å². The molecule has 3 rings (SSSR count). The summed E-state index contributed by atoms with van der Waals surface area (Å²) in [5.41, 5.74) is 0.864. The number of benzene rings is 1. The lowest BCUT2D eigenvalue weighted by atomic mass is 9.79. The van der Waals surface area contributed by atoms with E-state index in [0.717, 1.165) is 17.8 Å². The first kappa shape index (κ1) is 19.7. The average Bonchev–Trinajstić information content (AvgIpc) is 2.77. The average molecular weight is 359 g/mol. The molecule has 0 atom stereocenters. The Morgan fingerprint density at radius 3 is 2.23 bits per heavy atom. The van der Waals surface area contributed by atoms with Crippen molar-refractivity contribution in [1.82, 2.24) is 4.90 Å². The molecule has 0 aliphatic carbocycles. The Balaban J connectivity index is 1.52. The van der Waals surface area contributed by atoms with Crippen molar-refractivity contribution in [2.75, 3.05) is 26.2 Å². The third-order valence-corrected chi connectivity index (χ3v) is 6.27. The number of ether oxygens (including phenoxy) is 1. The van der Waals surface area contributed by atoms with Gasteiger partial charge in [0.2, 0.25) is 0 Å². The normalized spacial score (nSPS) is 24.6. The number of likely N-dealkylation sites (tertiary alicyclic amines) is 1. The molecule has 5 heteroatoms. The van der Waals surface area contributed by atoms with Crippen molar-refractivity contribution in [3.8, 4) is 5.75 Å². The number of hydrogen-bond acceptors (Lipinski definition) is 4. The minimum Gasteiger partial charge on any atom is -0.492 e.